The molecule has 0 fully saturated rings. The van der Waals surface area contributed by atoms with Crippen molar-refractivity contribution in [1.82, 2.24) is 0 Å². The minimum Gasteiger partial charge on any atom is -0.493 e. The molecule has 0 saturated heterocycles. The number of esters is 2. The number of hydrogen-bond donors (Lipinski definition) is 2. The summed E-state index contributed by atoms with van der Waals surface area (Å²) in [5.41, 5.74) is 11.7. The number of benzene rings is 2. The van der Waals surface area contributed by atoms with Crippen LogP contribution in [0.1, 0.15) is 0 Å². The standard InChI is InChI=1S/C18H20N2O8/c1-23-13-5-9(19)11(7-15(13)25-3)27-17(21)18(22)28-12-8-16(26-4)14(24-2)6-10(12)20/h5-8H,19-20H2,1-4H3. The van der Waals surface area contributed by atoms with Gasteiger partial charge in [-0.05, 0) is 0 Å². The summed E-state index contributed by atoms with van der Waals surface area (Å²) in [5.74, 6) is -1.63. The summed E-state index contributed by atoms with van der Waals surface area (Å²) in [6.07, 6.45) is 0. The van der Waals surface area contributed by atoms with Gasteiger partial charge in [-0.15, -0.1) is 0 Å². The highest BCUT2D eigenvalue weighted by molar-refractivity contribution is 6.31. The van der Waals surface area contributed by atoms with Gasteiger partial charge < -0.3 is 39.9 Å². The van der Waals surface area contributed by atoms with E-state index in [4.69, 9.17) is 39.9 Å². The minimum absolute atomic E-state index is 0.0597. The van der Waals surface area contributed by atoms with Crippen LogP contribution in [0.3, 0.4) is 0 Å². The van der Waals surface area contributed by atoms with Crippen LogP contribution in [0.25, 0.3) is 0 Å². The minimum atomic E-state index is -1.31. The molecule has 0 aliphatic heterocycles. The van der Waals surface area contributed by atoms with Crippen LogP contribution in [0.5, 0.6) is 34.5 Å². The predicted molar refractivity (Wildman–Crippen MR) is 99.2 cm³/mol. The molecule has 0 atom stereocenters. The van der Waals surface area contributed by atoms with Gasteiger partial charge in [-0.1, -0.05) is 0 Å². The molecule has 0 aromatic heterocycles. The fourth-order valence-electron chi connectivity index (χ4n) is 2.21. The monoisotopic (exact) mass is 392 g/mol. The molecule has 0 unspecified atom stereocenters. The molecular formula is C18H20N2O8. The molecule has 2 aromatic rings. The number of ether oxygens (including phenoxy) is 6. The second kappa shape index (κ2) is 8.71. The van der Waals surface area contributed by atoms with Crippen molar-refractivity contribution in [3.05, 3.63) is 24.3 Å². The lowest BCUT2D eigenvalue weighted by molar-refractivity contribution is -0.156. The first-order valence-corrected chi connectivity index (χ1v) is 7.81. The molecular weight excluding hydrogens is 372 g/mol. The van der Waals surface area contributed by atoms with Crippen molar-refractivity contribution >= 4 is 23.3 Å². The van der Waals surface area contributed by atoms with E-state index in [1.54, 1.807) is 0 Å². The molecule has 2 aromatic carbocycles. The third kappa shape index (κ3) is 4.29. The average Bonchev–Trinajstić information content (AvgIpc) is 2.69. The molecule has 0 saturated carbocycles. The van der Waals surface area contributed by atoms with Crippen molar-refractivity contribution in [2.45, 2.75) is 0 Å². The Hall–Kier alpha value is -3.82. The molecule has 150 valence electrons. The number of carbonyl (C=O) groups is 2. The van der Waals surface area contributed by atoms with Gasteiger partial charge in [-0.3, -0.25) is 0 Å². The predicted octanol–water partition coefficient (Wildman–Crippen LogP) is 1.40. The van der Waals surface area contributed by atoms with E-state index in [2.05, 4.69) is 0 Å². The highest BCUT2D eigenvalue weighted by Gasteiger charge is 2.23. The molecule has 0 amide bonds. The number of carbonyl (C=O) groups excluding carboxylic acids is 2. The van der Waals surface area contributed by atoms with Gasteiger partial charge in [0.05, 0.1) is 39.8 Å². The second-order valence-corrected chi connectivity index (χ2v) is 5.27. The smallest absolute Gasteiger partial charge is 0.423 e. The zero-order valence-corrected chi connectivity index (χ0v) is 15.7. The highest BCUT2D eigenvalue weighted by Crippen LogP contribution is 2.37. The van der Waals surface area contributed by atoms with E-state index >= 15 is 0 Å². The third-order valence-electron chi connectivity index (χ3n) is 3.60. The van der Waals surface area contributed by atoms with E-state index in [1.165, 1.54) is 52.7 Å². The molecule has 10 nitrogen and oxygen atoms in total. The molecule has 2 rings (SSSR count). The van der Waals surface area contributed by atoms with E-state index in [0.717, 1.165) is 0 Å². The van der Waals surface area contributed by atoms with E-state index in [1.807, 2.05) is 0 Å². The van der Waals surface area contributed by atoms with Crippen LogP contribution in [0.4, 0.5) is 11.4 Å². The lowest BCUT2D eigenvalue weighted by Gasteiger charge is -2.13. The zero-order chi connectivity index (χ0) is 20.8. The summed E-state index contributed by atoms with van der Waals surface area (Å²) in [5, 5.41) is 0. The molecule has 0 bridgehead atoms. The van der Waals surface area contributed by atoms with Crippen LogP contribution in [-0.4, -0.2) is 40.4 Å². The van der Waals surface area contributed by atoms with Crippen LogP contribution < -0.4 is 39.9 Å². The summed E-state index contributed by atoms with van der Waals surface area (Å²) in [6, 6.07) is 5.40. The summed E-state index contributed by atoms with van der Waals surface area (Å²) in [7, 11) is 5.64. The van der Waals surface area contributed by atoms with Gasteiger partial charge in [0.25, 0.3) is 0 Å². The number of rotatable bonds is 6. The lowest BCUT2D eigenvalue weighted by Crippen LogP contribution is -2.26. The Bertz CT molecular complexity index is 824. The first kappa shape index (κ1) is 20.5. The maximum Gasteiger partial charge on any atom is 0.423 e. The van der Waals surface area contributed by atoms with Gasteiger partial charge in [0.1, 0.15) is 0 Å². The fraction of sp³-hybridized carbons (Fsp3) is 0.222. The summed E-state index contributed by atoms with van der Waals surface area (Å²) in [6.45, 7) is 0. The van der Waals surface area contributed by atoms with E-state index in [-0.39, 0.29) is 34.4 Å². The fourth-order valence-corrected chi connectivity index (χ4v) is 2.21. The van der Waals surface area contributed by atoms with Crippen molar-refractivity contribution in [3.63, 3.8) is 0 Å². The number of hydrogen-bond acceptors (Lipinski definition) is 10. The largest absolute Gasteiger partial charge is 0.493 e. The Kier molecular flexibility index (Phi) is 6.38. The van der Waals surface area contributed by atoms with Gasteiger partial charge in [-0.25, -0.2) is 9.59 Å². The number of nitrogen functional groups attached to an aromatic ring is 2. The number of methoxy groups -OCH3 is 4. The maximum atomic E-state index is 12.1. The van der Waals surface area contributed by atoms with Crippen molar-refractivity contribution in [3.8, 4) is 34.5 Å². The molecule has 0 spiro atoms. The molecule has 0 radical (unpaired) electrons. The Morgan fingerprint density at radius 2 is 0.857 bits per heavy atom. The van der Waals surface area contributed by atoms with Gasteiger partial charge in [-0.2, -0.15) is 0 Å². The molecule has 10 heteroatoms. The van der Waals surface area contributed by atoms with E-state index in [0.29, 0.717) is 11.5 Å². The van der Waals surface area contributed by atoms with Crippen molar-refractivity contribution < 1.29 is 38.0 Å². The van der Waals surface area contributed by atoms with Crippen molar-refractivity contribution in [2.75, 3.05) is 39.9 Å². The van der Waals surface area contributed by atoms with Gasteiger partial charge >= 0.3 is 11.9 Å². The molecule has 4 N–H and O–H groups in total. The molecule has 0 aliphatic rings. The topological polar surface area (TPSA) is 142 Å². The Morgan fingerprint density at radius 1 is 0.571 bits per heavy atom. The Balaban J connectivity index is 2.19. The first-order valence-electron chi connectivity index (χ1n) is 7.81. The van der Waals surface area contributed by atoms with Gasteiger partial charge in [0.15, 0.2) is 34.5 Å². The summed E-state index contributed by atoms with van der Waals surface area (Å²) >= 11 is 0. The van der Waals surface area contributed by atoms with E-state index < -0.39 is 11.9 Å². The quantitative estimate of drug-likeness (QED) is 0.320. The average molecular weight is 392 g/mol. The van der Waals surface area contributed by atoms with Crippen molar-refractivity contribution in [1.29, 1.82) is 0 Å². The number of anilines is 2. The van der Waals surface area contributed by atoms with E-state index in [9.17, 15) is 9.59 Å². The van der Waals surface area contributed by atoms with Crippen LogP contribution in [0.2, 0.25) is 0 Å². The molecule has 0 aliphatic carbocycles. The Labute approximate surface area is 160 Å². The zero-order valence-electron chi connectivity index (χ0n) is 15.7. The maximum absolute atomic E-state index is 12.1. The van der Waals surface area contributed by atoms with Crippen molar-refractivity contribution in [2.24, 2.45) is 0 Å². The molecule has 28 heavy (non-hydrogen) atoms. The third-order valence-corrected chi connectivity index (χ3v) is 3.60. The first-order chi connectivity index (χ1) is 13.3. The number of nitrogens with two attached hydrogens (primary N) is 2. The summed E-state index contributed by atoms with van der Waals surface area (Å²) in [4.78, 5) is 24.2. The normalized spacial score (nSPS) is 10.0. The van der Waals surface area contributed by atoms with Crippen LogP contribution >= 0.6 is 0 Å². The second-order valence-electron chi connectivity index (χ2n) is 5.27. The Morgan fingerprint density at radius 3 is 1.14 bits per heavy atom. The highest BCUT2D eigenvalue weighted by atomic mass is 16.6. The SMILES string of the molecule is COc1cc(N)c(OC(=O)C(=O)Oc2cc(OC)c(OC)cc2N)cc1OC. The molecule has 0 heterocycles. The van der Waals surface area contributed by atoms with Gasteiger partial charge in [0.2, 0.25) is 0 Å². The van der Waals surface area contributed by atoms with Crippen LogP contribution in [0.15, 0.2) is 24.3 Å². The van der Waals surface area contributed by atoms with Gasteiger partial charge in [0, 0.05) is 24.3 Å². The lowest BCUT2D eigenvalue weighted by atomic mass is 10.2. The summed E-state index contributed by atoms with van der Waals surface area (Å²) < 4.78 is 30.4. The van der Waals surface area contributed by atoms with Crippen LogP contribution in [-0.2, 0) is 9.59 Å². The van der Waals surface area contributed by atoms with Crippen LogP contribution in [0, 0.1) is 0 Å².